The Kier molecular flexibility index (Phi) is 6.37. The van der Waals surface area contributed by atoms with Crippen molar-refractivity contribution < 1.29 is 13.2 Å². The zero-order valence-corrected chi connectivity index (χ0v) is 14.1. The monoisotopic (exact) mass is 354 g/mol. The molecular formula is C16H21F3N6. The van der Waals surface area contributed by atoms with Crippen molar-refractivity contribution >= 4 is 5.96 Å². The van der Waals surface area contributed by atoms with Crippen LogP contribution in [0.2, 0.25) is 0 Å². The lowest BCUT2D eigenvalue weighted by Gasteiger charge is -2.13. The zero-order valence-electron chi connectivity index (χ0n) is 14.1. The molecule has 0 unspecified atom stereocenters. The molecule has 2 rings (SSSR count). The Morgan fingerprint density at radius 3 is 2.76 bits per heavy atom. The predicted molar refractivity (Wildman–Crippen MR) is 89.0 cm³/mol. The molecule has 0 aliphatic rings. The Labute approximate surface area is 144 Å². The highest BCUT2D eigenvalue weighted by atomic mass is 19.4. The van der Waals surface area contributed by atoms with Crippen LogP contribution in [0.1, 0.15) is 23.9 Å². The highest BCUT2D eigenvalue weighted by molar-refractivity contribution is 5.79. The summed E-state index contributed by atoms with van der Waals surface area (Å²) in [5, 5.41) is 14.0. The van der Waals surface area contributed by atoms with Gasteiger partial charge in [0.25, 0.3) is 0 Å². The highest BCUT2D eigenvalue weighted by Gasteiger charge is 2.30. The van der Waals surface area contributed by atoms with E-state index in [4.69, 9.17) is 0 Å². The van der Waals surface area contributed by atoms with Crippen molar-refractivity contribution in [2.24, 2.45) is 4.99 Å². The molecule has 0 bridgehead atoms. The molecule has 25 heavy (non-hydrogen) atoms. The number of nitrogens with one attached hydrogen (secondary N) is 2. The van der Waals surface area contributed by atoms with Crippen LogP contribution in [0.4, 0.5) is 13.2 Å². The van der Waals surface area contributed by atoms with Gasteiger partial charge in [0.15, 0.2) is 5.96 Å². The summed E-state index contributed by atoms with van der Waals surface area (Å²) in [6, 6.07) is 5.22. The number of aromatic nitrogens is 3. The van der Waals surface area contributed by atoms with Crippen LogP contribution in [0.3, 0.4) is 0 Å². The first-order valence-electron chi connectivity index (χ1n) is 7.91. The summed E-state index contributed by atoms with van der Waals surface area (Å²) in [5.41, 5.74) is -0.126. The molecule has 0 radical (unpaired) electrons. The van der Waals surface area contributed by atoms with E-state index in [0.717, 1.165) is 24.4 Å². The van der Waals surface area contributed by atoms with Crippen molar-refractivity contribution in [1.29, 1.82) is 0 Å². The summed E-state index contributed by atoms with van der Waals surface area (Å²) >= 11 is 0. The number of aryl methyl sites for hydroxylation is 1. The molecule has 2 aromatic rings. The van der Waals surface area contributed by atoms with E-state index in [1.54, 1.807) is 19.4 Å². The fraction of sp³-hybridized carbons (Fsp3) is 0.438. The Morgan fingerprint density at radius 2 is 2.08 bits per heavy atom. The predicted octanol–water partition coefficient (Wildman–Crippen LogP) is 2.22. The van der Waals surface area contributed by atoms with Crippen LogP contribution in [0.15, 0.2) is 35.6 Å². The van der Waals surface area contributed by atoms with E-state index >= 15 is 0 Å². The first-order chi connectivity index (χ1) is 11.9. The summed E-state index contributed by atoms with van der Waals surface area (Å²) in [6.07, 6.45) is -1.88. The van der Waals surface area contributed by atoms with E-state index in [-0.39, 0.29) is 6.54 Å². The molecule has 2 N–H and O–H groups in total. The van der Waals surface area contributed by atoms with E-state index in [9.17, 15) is 13.2 Å². The molecular weight excluding hydrogens is 333 g/mol. The summed E-state index contributed by atoms with van der Waals surface area (Å²) in [4.78, 5) is 4.07. The molecule has 0 spiro atoms. The minimum absolute atomic E-state index is 0.246. The molecule has 0 saturated heterocycles. The number of guanidine groups is 1. The number of alkyl halides is 3. The van der Waals surface area contributed by atoms with Crippen LogP contribution in [-0.4, -0.2) is 34.3 Å². The van der Waals surface area contributed by atoms with Crippen molar-refractivity contribution in [2.45, 2.75) is 32.6 Å². The molecule has 0 atom stereocenters. The molecule has 0 aliphatic carbocycles. The topological polar surface area (TPSA) is 67.1 Å². The molecule has 1 aromatic heterocycles. The van der Waals surface area contributed by atoms with Gasteiger partial charge in [0.1, 0.15) is 12.2 Å². The van der Waals surface area contributed by atoms with Gasteiger partial charge in [-0.05, 0) is 17.7 Å². The SMILES string of the molecule is CCc1nncn1CCNC(=NC)NCc1cccc(C(F)(F)F)c1. The second kappa shape index (κ2) is 8.50. The first-order valence-corrected chi connectivity index (χ1v) is 7.91. The smallest absolute Gasteiger partial charge is 0.355 e. The summed E-state index contributed by atoms with van der Waals surface area (Å²) in [7, 11) is 1.61. The summed E-state index contributed by atoms with van der Waals surface area (Å²) in [5.74, 6) is 1.41. The third-order valence-corrected chi connectivity index (χ3v) is 3.59. The normalized spacial score (nSPS) is 12.3. The van der Waals surface area contributed by atoms with Gasteiger partial charge in [-0.15, -0.1) is 10.2 Å². The first kappa shape index (κ1) is 18.8. The fourth-order valence-corrected chi connectivity index (χ4v) is 2.30. The van der Waals surface area contributed by atoms with Gasteiger partial charge in [-0.25, -0.2) is 0 Å². The minimum Gasteiger partial charge on any atom is -0.355 e. The van der Waals surface area contributed by atoms with E-state index in [1.165, 1.54) is 6.07 Å². The van der Waals surface area contributed by atoms with Gasteiger partial charge in [-0.3, -0.25) is 4.99 Å². The van der Waals surface area contributed by atoms with Crippen LogP contribution >= 0.6 is 0 Å². The average molecular weight is 354 g/mol. The van der Waals surface area contributed by atoms with Crippen LogP contribution in [-0.2, 0) is 25.7 Å². The van der Waals surface area contributed by atoms with Gasteiger partial charge in [-0.2, -0.15) is 13.2 Å². The molecule has 0 saturated carbocycles. The lowest BCUT2D eigenvalue weighted by atomic mass is 10.1. The minimum atomic E-state index is -4.34. The number of aliphatic imine (C=N–C) groups is 1. The van der Waals surface area contributed by atoms with Gasteiger partial charge >= 0.3 is 6.18 Å². The van der Waals surface area contributed by atoms with Gasteiger partial charge in [0.2, 0.25) is 0 Å². The number of hydrogen-bond acceptors (Lipinski definition) is 3. The number of halogens is 3. The standard InChI is InChI=1S/C16H21F3N6/c1-3-14-24-23-11-25(14)8-7-21-15(20-2)22-10-12-5-4-6-13(9-12)16(17,18)19/h4-6,9,11H,3,7-8,10H2,1-2H3,(H2,20,21,22). The third kappa shape index (κ3) is 5.47. The molecule has 9 heteroatoms. The van der Waals surface area contributed by atoms with Gasteiger partial charge < -0.3 is 15.2 Å². The number of nitrogens with zero attached hydrogens (tertiary/aromatic N) is 4. The Hall–Kier alpha value is -2.58. The molecule has 0 amide bonds. The zero-order chi connectivity index (χ0) is 18.3. The maximum absolute atomic E-state index is 12.7. The molecule has 1 aromatic carbocycles. The van der Waals surface area contributed by atoms with Gasteiger partial charge in [0, 0.05) is 33.1 Å². The fourth-order valence-electron chi connectivity index (χ4n) is 2.30. The number of hydrogen-bond donors (Lipinski definition) is 2. The Morgan fingerprint density at radius 1 is 1.28 bits per heavy atom. The van der Waals surface area contributed by atoms with Crippen molar-refractivity contribution in [2.75, 3.05) is 13.6 Å². The Bertz CT molecular complexity index is 708. The number of rotatable bonds is 6. The summed E-state index contributed by atoms with van der Waals surface area (Å²) < 4.78 is 40.1. The lowest BCUT2D eigenvalue weighted by Crippen LogP contribution is -2.38. The maximum Gasteiger partial charge on any atom is 0.416 e. The molecule has 6 nitrogen and oxygen atoms in total. The lowest BCUT2D eigenvalue weighted by molar-refractivity contribution is -0.137. The molecule has 0 fully saturated rings. The van der Waals surface area contributed by atoms with Crippen LogP contribution in [0.25, 0.3) is 0 Å². The maximum atomic E-state index is 12.7. The highest BCUT2D eigenvalue weighted by Crippen LogP contribution is 2.29. The van der Waals surface area contributed by atoms with Crippen molar-refractivity contribution in [3.8, 4) is 0 Å². The Balaban J connectivity index is 1.84. The molecule has 1 heterocycles. The van der Waals surface area contributed by atoms with Gasteiger partial charge in [0.05, 0.1) is 5.56 Å². The van der Waals surface area contributed by atoms with E-state index in [1.807, 2.05) is 11.5 Å². The molecule has 136 valence electrons. The van der Waals surface area contributed by atoms with Crippen molar-refractivity contribution in [3.63, 3.8) is 0 Å². The third-order valence-electron chi connectivity index (χ3n) is 3.59. The quantitative estimate of drug-likeness (QED) is 0.617. The van der Waals surface area contributed by atoms with Crippen LogP contribution in [0.5, 0.6) is 0 Å². The second-order valence-corrected chi connectivity index (χ2v) is 5.34. The van der Waals surface area contributed by atoms with Crippen LogP contribution < -0.4 is 10.6 Å². The van der Waals surface area contributed by atoms with Gasteiger partial charge in [-0.1, -0.05) is 19.1 Å². The van der Waals surface area contributed by atoms with E-state index in [2.05, 4.69) is 25.8 Å². The largest absolute Gasteiger partial charge is 0.416 e. The summed E-state index contributed by atoms with van der Waals surface area (Å²) in [6.45, 7) is 3.51. The van der Waals surface area contributed by atoms with Crippen molar-refractivity contribution in [1.82, 2.24) is 25.4 Å². The van der Waals surface area contributed by atoms with Crippen LogP contribution in [0, 0.1) is 0 Å². The molecule has 0 aliphatic heterocycles. The van der Waals surface area contributed by atoms with E-state index in [0.29, 0.717) is 24.6 Å². The van der Waals surface area contributed by atoms with Crippen molar-refractivity contribution in [3.05, 3.63) is 47.5 Å². The second-order valence-electron chi connectivity index (χ2n) is 5.34. The van der Waals surface area contributed by atoms with E-state index < -0.39 is 11.7 Å². The average Bonchev–Trinajstić information content (AvgIpc) is 3.05. The number of benzene rings is 1.